The van der Waals surface area contributed by atoms with Crippen molar-refractivity contribution < 1.29 is 0 Å². The molecule has 5 nitrogen and oxygen atoms in total. The minimum Gasteiger partial charge on any atom is -0.377 e. The number of aromatic nitrogens is 1. The maximum Gasteiger partial charge on any atom is 0.180 e. The minimum atomic E-state index is 0.425. The van der Waals surface area contributed by atoms with Gasteiger partial charge in [-0.1, -0.05) is 66.4 Å². The Bertz CT molecular complexity index is 972. The van der Waals surface area contributed by atoms with E-state index < -0.39 is 0 Å². The molecule has 1 aromatic heterocycles. The highest BCUT2D eigenvalue weighted by molar-refractivity contribution is 8.13. The van der Waals surface area contributed by atoms with Gasteiger partial charge in [-0.15, -0.1) is 5.10 Å². The number of nitriles is 1. The van der Waals surface area contributed by atoms with Crippen LogP contribution in [0.2, 0.25) is 0 Å². The van der Waals surface area contributed by atoms with E-state index in [2.05, 4.69) is 21.3 Å². The molecule has 0 atom stereocenters. The molecule has 0 radical (unpaired) electrons. The van der Waals surface area contributed by atoms with Crippen molar-refractivity contribution in [1.82, 2.24) is 4.98 Å². The fourth-order valence-electron chi connectivity index (χ4n) is 2.28. The fourth-order valence-corrected chi connectivity index (χ4v) is 2.90. The first kappa shape index (κ1) is 18.4. The van der Waals surface area contributed by atoms with Crippen LogP contribution in [0.5, 0.6) is 0 Å². The number of pyridine rings is 1. The van der Waals surface area contributed by atoms with Gasteiger partial charge in [-0.3, -0.25) is 4.98 Å². The van der Waals surface area contributed by atoms with Gasteiger partial charge >= 0.3 is 0 Å². The Labute approximate surface area is 162 Å². The fraction of sp³-hybridized carbons (Fsp3) is 0.0476. The van der Waals surface area contributed by atoms with E-state index in [9.17, 15) is 0 Å². The van der Waals surface area contributed by atoms with Crippen LogP contribution in [-0.4, -0.2) is 16.4 Å². The van der Waals surface area contributed by atoms with Crippen LogP contribution in [0, 0.1) is 11.3 Å². The number of rotatable bonds is 5. The van der Waals surface area contributed by atoms with Crippen molar-refractivity contribution >= 4 is 23.1 Å². The normalized spacial score (nSPS) is 11.4. The van der Waals surface area contributed by atoms with Crippen molar-refractivity contribution in [3.05, 3.63) is 89.6 Å². The summed E-state index contributed by atoms with van der Waals surface area (Å²) >= 11 is 1.45. The highest BCUT2D eigenvalue weighted by Crippen LogP contribution is 2.17. The van der Waals surface area contributed by atoms with E-state index in [-0.39, 0.29) is 0 Å². The Morgan fingerprint density at radius 3 is 2.52 bits per heavy atom. The van der Waals surface area contributed by atoms with E-state index in [0.717, 1.165) is 22.6 Å². The van der Waals surface area contributed by atoms with Crippen LogP contribution < -0.4 is 5.73 Å². The molecule has 0 spiro atoms. The summed E-state index contributed by atoms with van der Waals surface area (Å²) in [6.07, 6.45) is 3.22. The molecule has 0 aliphatic heterocycles. The molecule has 1 heterocycles. The molecule has 2 aromatic carbocycles. The molecule has 0 fully saturated rings. The van der Waals surface area contributed by atoms with Crippen molar-refractivity contribution in [3.8, 4) is 17.3 Å². The lowest BCUT2D eigenvalue weighted by Gasteiger charge is -2.01. The average Bonchev–Trinajstić information content (AvgIpc) is 2.74. The average molecular weight is 371 g/mol. The Morgan fingerprint density at radius 2 is 1.85 bits per heavy atom. The van der Waals surface area contributed by atoms with Crippen LogP contribution >= 0.6 is 11.8 Å². The van der Waals surface area contributed by atoms with Crippen molar-refractivity contribution in [2.24, 2.45) is 15.9 Å². The van der Waals surface area contributed by atoms with Crippen molar-refractivity contribution in [2.45, 2.75) is 5.75 Å². The number of thioether (sulfide) groups is 1. The Morgan fingerprint density at radius 1 is 1.07 bits per heavy atom. The number of hydrogen-bond donors (Lipinski definition) is 1. The summed E-state index contributed by atoms with van der Waals surface area (Å²) in [5.41, 5.74) is 10.3. The smallest absolute Gasteiger partial charge is 0.180 e. The predicted molar refractivity (Wildman–Crippen MR) is 111 cm³/mol. The van der Waals surface area contributed by atoms with Gasteiger partial charge in [-0.05, 0) is 23.3 Å². The molecule has 0 aliphatic carbocycles. The second-order valence-electron chi connectivity index (χ2n) is 5.62. The lowest BCUT2D eigenvalue weighted by atomic mass is 10.1. The molecule has 0 saturated heterocycles. The molecule has 132 valence electrons. The van der Waals surface area contributed by atoms with E-state index in [1.165, 1.54) is 17.3 Å². The van der Waals surface area contributed by atoms with Crippen molar-refractivity contribution in [1.29, 1.82) is 5.26 Å². The second-order valence-corrected chi connectivity index (χ2v) is 6.62. The summed E-state index contributed by atoms with van der Waals surface area (Å²) in [7, 11) is 0. The number of amidine groups is 1. The lowest BCUT2D eigenvalue weighted by molar-refractivity contribution is 1.25. The maximum absolute atomic E-state index is 8.82. The Hall–Kier alpha value is -3.43. The first-order valence-electron chi connectivity index (χ1n) is 8.24. The van der Waals surface area contributed by atoms with Crippen LogP contribution in [0.25, 0.3) is 11.3 Å². The van der Waals surface area contributed by atoms with E-state index in [4.69, 9.17) is 11.0 Å². The zero-order valence-corrected chi connectivity index (χ0v) is 15.3. The molecule has 0 bridgehead atoms. The van der Waals surface area contributed by atoms with Crippen LogP contribution in [-0.2, 0) is 5.75 Å². The molecule has 6 heteroatoms. The zero-order chi connectivity index (χ0) is 18.9. The molecule has 0 saturated carbocycles. The van der Waals surface area contributed by atoms with Gasteiger partial charge in [0.1, 0.15) is 6.07 Å². The summed E-state index contributed by atoms with van der Waals surface area (Å²) in [6.45, 7) is 0. The minimum absolute atomic E-state index is 0.425. The van der Waals surface area contributed by atoms with Gasteiger partial charge in [-0.2, -0.15) is 10.4 Å². The van der Waals surface area contributed by atoms with Gasteiger partial charge in [0.2, 0.25) is 0 Å². The summed E-state index contributed by atoms with van der Waals surface area (Å²) in [6, 6.07) is 23.5. The molecule has 27 heavy (non-hydrogen) atoms. The summed E-state index contributed by atoms with van der Waals surface area (Å²) < 4.78 is 0. The third kappa shape index (κ3) is 5.53. The number of benzene rings is 2. The van der Waals surface area contributed by atoms with Gasteiger partial charge < -0.3 is 5.73 Å². The zero-order valence-electron chi connectivity index (χ0n) is 14.5. The number of hydrogen-bond acceptors (Lipinski definition) is 5. The van der Waals surface area contributed by atoms with Crippen molar-refractivity contribution in [3.63, 3.8) is 0 Å². The van der Waals surface area contributed by atoms with Crippen LogP contribution in [0.15, 0.2) is 83.1 Å². The number of nitrogens with zero attached hydrogens (tertiary/aromatic N) is 4. The molecular weight excluding hydrogens is 354 g/mol. The maximum atomic E-state index is 8.82. The quantitative estimate of drug-likeness (QED) is 0.413. The third-order valence-electron chi connectivity index (χ3n) is 3.69. The summed E-state index contributed by atoms with van der Waals surface area (Å²) in [5, 5.41) is 17.3. The predicted octanol–water partition coefficient (Wildman–Crippen LogP) is 4.20. The highest BCUT2D eigenvalue weighted by Gasteiger charge is 2.00. The van der Waals surface area contributed by atoms with E-state index in [1.807, 2.05) is 60.7 Å². The molecule has 0 unspecified atom stereocenters. The standard InChI is InChI=1S/C21H17N5S/c22-12-18-8-11-20(24-13-18)19-9-6-16(7-10-19)14-25-26-21(23)27-15-17-4-2-1-3-5-17/h1-11,13-14H,15H2,(H2,23,26). The van der Waals surface area contributed by atoms with Crippen LogP contribution in [0.4, 0.5) is 0 Å². The second kappa shape index (κ2) is 9.32. The van der Waals surface area contributed by atoms with Crippen LogP contribution in [0.1, 0.15) is 16.7 Å². The molecular formula is C21H17N5S. The topological polar surface area (TPSA) is 87.4 Å². The molecule has 2 N–H and O–H groups in total. The Balaban J connectivity index is 1.57. The molecule has 3 rings (SSSR count). The van der Waals surface area contributed by atoms with Gasteiger partial charge in [0.15, 0.2) is 5.17 Å². The largest absolute Gasteiger partial charge is 0.377 e. The monoisotopic (exact) mass is 371 g/mol. The van der Waals surface area contributed by atoms with Gasteiger partial charge in [0, 0.05) is 17.5 Å². The number of nitrogens with two attached hydrogens (primary N) is 1. The van der Waals surface area contributed by atoms with E-state index in [0.29, 0.717) is 10.7 Å². The molecule has 0 aliphatic rings. The third-order valence-corrected chi connectivity index (χ3v) is 4.55. The first-order chi connectivity index (χ1) is 13.2. The SMILES string of the molecule is N#Cc1ccc(-c2ccc(C=NN=C(N)SCc3ccccc3)cc2)nc1. The lowest BCUT2D eigenvalue weighted by Crippen LogP contribution is -2.05. The van der Waals surface area contributed by atoms with Gasteiger partial charge in [0.05, 0.1) is 17.5 Å². The first-order valence-corrected chi connectivity index (χ1v) is 9.23. The van der Waals surface area contributed by atoms with Crippen molar-refractivity contribution in [2.75, 3.05) is 0 Å². The van der Waals surface area contributed by atoms with Crippen LogP contribution in [0.3, 0.4) is 0 Å². The summed E-state index contributed by atoms with van der Waals surface area (Å²) in [5.74, 6) is 0.762. The molecule has 0 amide bonds. The van der Waals surface area contributed by atoms with Gasteiger partial charge in [-0.25, -0.2) is 0 Å². The van der Waals surface area contributed by atoms with E-state index >= 15 is 0 Å². The highest BCUT2D eigenvalue weighted by atomic mass is 32.2. The molecule has 3 aromatic rings. The van der Waals surface area contributed by atoms with Gasteiger partial charge in [0.25, 0.3) is 0 Å². The Kier molecular flexibility index (Phi) is 6.34. The van der Waals surface area contributed by atoms with E-state index in [1.54, 1.807) is 18.5 Å². The summed E-state index contributed by atoms with van der Waals surface area (Å²) in [4.78, 5) is 4.28.